The Hall–Kier alpha value is -3.17. The fraction of sp³-hybridized carbons (Fsp3) is 0.526. The van der Waals surface area contributed by atoms with Crippen molar-refractivity contribution in [3.8, 4) is 6.01 Å². The number of ether oxygens (including phenoxy) is 1. The smallest absolute Gasteiger partial charge is 0.409 e. The summed E-state index contributed by atoms with van der Waals surface area (Å²) >= 11 is 0. The van der Waals surface area contributed by atoms with Crippen molar-refractivity contribution >= 4 is 22.9 Å². The Labute approximate surface area is 165 Å². The van der Waals surface area contributed by atoms with Crippen molar-refractivity contribution in [2.45, 2.75) is 38.5 Å². The van der Waals surface area contributed by atoms with Crippen molar-refractivity contribution in [2.24, 2.45) is 11.1 Å². The van der Waals surface area contributed by atoms with Crippen LogP contribution in [0.3, 0.4) is 0 Å². The van der Waals surface area contributed by atoms with Gasteiger partial charge in [-0.05, 0) is 24.3 Å². The van der Waals surface area contributed by atoms with Crippen LogP contribution in [-0.4, -0.2) is 46.9 Å². The van der Waals surface area contributed by atoms with Gasteiger partial charge in [0.2, 0.25) is 5.71 Å². The van der Waals surface area contributed by atoms with E-state index >= 15 is 0 Å². The largest absolute Gasteiger partial charge is 0.453 e. The molecule has 154 valence electrons. The summed E-state index contributed by atoms with van der Waals surface area (Å²) in [6.45, 7) is 0.936. The number of aromatic nitrogens is 2. The first kappa shape index (κ1) is 19.2. The standard InChI is InChI=1S/C19H22N4O6/c1-27-19(26)23-8-6-13(7-9-23)22-29-18-20-16(25)15-12(5-4-11-2-3-11)10-14(24)28-17(15)21-18/h10-11H,2-9H2,1H3,(H,20,21,25). The van der Waals surface area contributed by atoms with E-state index in [0.29, 0.717) is 43.8 Å². The lowest BCUT2D eigenvalue weighted by Crippen LogP contribution is -2.38. The number of H-pyrrole nitrogens is 1. The molecule has 1 aliphatic carbocycles. The first-order valence-corrected chi connectivity index (χ1v) is 9.66. The number of fused-ring (bicyclic) bond motifs is 1. The third kappa shape index (κ3) is 4.47. The molecule has 2 fully saturated rings. The number of likely N-dealkylation sites (tertiary alicyclic amines) is 1. The van der Waals surface area contributed by atoms with Crippen LogP contribution in [0.5, 0.6) is 6.01 Å². The molecule has 1 saturated heterocycles. The summed E-state index contributed by atoms with van der Waals surface area (Å²) in [7, 11) is 1.34. The molecule has 1 amide bonds. The molecule has 0 aromatic carbocycles. The summed E-state index contributed by atoms with van der Waals surface area (Å²) in [5.41, 5.74) is 0.342. The highest BCUT2D eigenvalue weighted by atomic mass is 16.6. The number of aromatic amines is 1. The van der Waals surface area contributed by atoms with Crippen molar-refractivity contribution in [2.75, 3.05) is 20.2 Å². The Morgan fingerprint density at radius 3 is 2.79 bits per heavy atom. The van der Waals surface area contributed by atoms with Crippen LogP contribution in [0.1, 0.15) is 37.7 Å². The zero-order valence-electron chi connectivity index (χ0n) is 16.1. The summed E-state index contributed by atoms with van der Waals surface area (Å²) in [5, 5.41) is 4.29. The highest BCUT2D eigenvalue weighted by Crippen LogP contribution is 2.33. The number of oxime groups is 1. The van der Waals surface area contributed by atoms with Gasteiger partial charge in [0.05, 0.1) is 12.8 Å². The van der Waals surface area contributed by atoms with Gasteiger partial charge >= 0.3 is 17.7 Å². The number of methoxy groups -OCH3 is 1. The number of hydrogen-bond donors (Lipinski definition) is 1. The third-order valence-corrected chi connectivity index (χ3v) is 5.23. The van der Waals surface area contributed by atoms with E-state index in [2.05, 4.69) is 15.1 Å². The number of carbonyl (C=O) groups is 1. The van der Waals surface area contributed by atoms with E-state index in [1.54, 1.807) is 4.90 Å². The fourth-order valence-corrected chi connectivity index (χ4v) is 3.41. The van der Waals surface area contributed by atoms with Crippen LogP contribution in [0.25, 0.3) is 11.1 Å². The normalized spacial score (nSPS) is 16.7. The van der Waals surface area contributed by atoms with Crippen molar-refractivity contribution in [3.05, 3.63) is 32.4 Å². The maximum Gasteiger partial charge on any atom is 0.409 e. The Morgan fingerprint density at radius 2 is 2.10 bits per heavy atom. The first-order valence-electron chi connectivity index (χ1n) is 9.66. The molecular weight excluding hydrogens is 380 g/mol. The summed E-state index contributed by atoms with van der Waals surface area (Å²) in [6.07, 6.45) is 4.63. The number of nitrogens with one attached hydrogen (secondary N) is 1. The minimum atomic E-state index is -0.547. The van der Waals surface area contributed by atoms with E-state index in [-0.39, 0.29) is 23.2 Å². The van der Waals surface area contributed by atoms with E-state index in [1.807, 2.05) is 0 Å². The molecule has 0 bridgehead atoms. The predicted octanol–water partition coefficient (Wildman–Crippen LogP) is 1.82. The van der Waals surface area contributed by atoms with Crippen molar-refractivity contribution in [3.63, 3.8) is 0 Å². The van der Waals surface area contributed by atoms with Crippen LogP contribution in [0.15, 0.2) is 25.2 Å². The molecule has 1 saturated carbocycles. The second kappa shape index (κ2) is 8.06. The molecule has 10 nitrogen and oxygen atoms in total. The zero-order chi connectivity index (χ0) is 20.4. The van der Waals surface area contributed by atoms with Crippen LogP contribution in [0.4, 0.5) is 4.79 Å². The lowest BCUT2D eigenvalue weighted by atomic mass is 10.1. The second-order valence-electron chi connectivity index (χ2n) is 7.33. The topological polar surface area (TPSA) is 127 Å². The summed E-state index contributed by atoms with van der Waals surface area (Å²) in [5.74, 6) is 0.674. The average molecular weight is 402 g/mol. The molecular formula is C19H22N4O6. The molecule has 29 heavy (non-hydrogen) atoms. The minimum absolute atomic E-state index is 0.0530. The number of amides is 1. The van der Waals surface area contributed by atoms with Crippen LogP contribution < -0.4 is 16.0 Å². The minimum Gasteiger partial charge on any atom is -0.453 e. The number of rotatable bonds is 5. The summed E-state index contributed by atoms with van der Waals surface area (Å²) < 4.78 is 9.81. The monoisotopic (exact) mass is 402 g/mol. The second-order valence-corrected chi connectivity index (χ2v) is 7.33. The van der Waals surface area contributed by atoms with Crippen molar-refractivity contribution < 1.29 is 18.8 Å². The number of hydrogen-bond acceptors (Lipinski definition) is 8. The molecule has 0 spiro atoms. The van der Waals surface area contributed by atoms with Crippen LogP contribution in [0.2, 0.25) is 0 Å². The van der Waals surface area contributed by atoms with E-state index in [9.17, 15) is 14.4 Å². The third-order valence-electron chi connectivity index (χ3n) is 5.23. The van der Waals surface area contributed by atoms with Gasteiger partial charge in [-0.1, -0.05) is 18.0 Å². The molecule has 1 N–H and O–H groups in total. The Kier molecular flexibility index (Phi) is 5.32. The quantitative estimate of drug-likeness (QED) is 0.756. The Balaban J connectivity index is 1.51. The molecule has 2 aromatic heterocycles. The Morgan fingerprint density at radius 1 is 1.34 bits per heavy atom. The highest BCUT2D eigenvalue weighted by Gasteiger charge is 2.23. The van der Waals surface area contributed by atoms with E-state index in [1.165, 1.54) is 26.0 Å². The SMILES string of the molecule is COC(=O)N1CCC(=NOc2nc3oc(=O)cc(CCC4CC4)c3c(=O)[nH]2)CC1. The molecule has 3 heterocycles. The van der Waals surface area contributed by atoms with E-state index in [4.69, 9.17) is 14.0 Å². The fourth-order valence-electron chi connectivity index (χ4n) is 3.41. The first-order chi connectivity index (χ1) is 14.0. The lowest BCUT2D eigenvalue weighted by molar-refractivity contribution is 0.123. The number of aryl methyl sites for hydroxylation is 1. The molecule has 0 unspecified atom stereocenters. The van der Waals surface area contributed by atoms with Crippen LogP contribution >= 0.6 is 0 Å². The van der Waals surface area contributed by atoms with Gasteiger partial charge in [0.25, 0.3) is 5.56 Å². The highest BCUT2D eigenvalue weighted by molar-refractivity contribution is 5.86. The lowest BCUT2D eigenvalue weighted by Gasteiger charge is -2.25. The van der Waals surface area contributed by atoms with Crippen LogP contribution in [-0.2, 0) is 11.2 Å². The number of nitrogens with zero attached hydrogens (tertiary/aromatic N) is 3. The van der Waals surface area contributed by atoms with Crippen molar-refractivity contribution in [1.29, 1.82) is 0 Å². The molecule has 4 rings (SSSR count). The molecule has 10 heteroatoms. The average Bonchev–Trinajstić information content (AvgIpc) is 3.54. The van der Waals surface area contributed by atoms with Gasteiger partial charge in [-0.3, -0.25) is 9.78 Å². The molecule has 1 aliphatic heterocycles. The zero-order valence-corrected chi connectivity index (χ0v) is 16.1. The van der Waals surface area contributed by atoms with Gasteiger partial charge in [0.15, 0.2) is 0 Å². The van der Waals surface area contributed by atoms with Crippen molar-refractivity contribution in [1.82, 2.24) is 14.9 Å². The maximum atomic E-state index is 12.5. The predicted molar refractivity (Wildman–Crippen MR) is 103 cm³/mol. The number of piperidine rings is 1. The van der Waals surface area contributed by atoms with Crippen LogP contribution in [0, 0.1) is 5.92 Å². The van der Waals surface area contributed by atoms with Gasteiger partial charge in [-0.15, -0.1) is 0 Å². The molecule has 0 radical (unpaired) electrons. The molecule has 2 aromatic rings. The van der Waals surface area contributed by atoms with Gasteiger partial charge in [0.1, 0.15) is 5.39 Å². The van der Waals surface area contributed by atoms with Gasteiger partial charge in [-0.2, -0.15) is 4.98 Å². The summed E-state index contributed by atoms with van der Waals surface area (Å²) in [4.78, 5) is 49.4. The van der Waals surface area contributed by atoms with Gasteiger partial charge in [0, 0.05) is 32.0 Å². The molecule has 0 atom stereocenters. The van der Waals surface area contributed by atoms with E-state index in [0.717, 1.165) is 12.1 Å². The summed E-state index contributed by atoms with van der Waals surface area (Å²) in [6, 6.07) is 1.21. The van der Waals surface area contributed by atoms with E-state index < -0.39 is 11.2 Å². The van der Waals surface area contributed by atoms with Gasteiger partial charge in [-0.25, -0.2) is 9.59 Å². The Bertz CT molecular complexity index is 1060. The molecule has 2 aliphatic rings. The number of carbonyl (C=O) groups excluding carboxylic acids is 1. The maximum absolute atomic E-state index is 12.5. The van der Waals surface area contributed by atoms with Gasteiger partial charge < -0.3 is 18.9 Å².